The molecule has 2 aromatic carbocycles. The molecule has 4 rings (SSSR count). The fourth-order valence-electron chi connectivity index (χ4n) is 5.66. The Morgan fingerprint density at radius 1 is 1.03 bits per heavy atom. The number of anilines is 1. The normalized spacial score (nSPS) is 22.6. The Labute approximate surface area is 203 Å². The molecule has 2 fully saturated rings. The van der Waals surface area contributed by atoms with E-state index in [1.165, 1.54) is 37.7 Å². The molecule has 0 N–H and O–H groups in total. The summed E-state index contributed by atoms with van der Waals surface area (Å²) in [5.41, 5.74) is 2.07. The lowest BCUT2D eigenvalue weighted by molar-refractivity contribution is 0.146. The Hall–Kier alpha value is -2.20. The van der Waals surface area contributed by atoms with E-state index in [1.807, 2.05) is 35.2 Å². The molecule has 2 amide bonds. The quantitative estimate of drug-likeness (QED) is 0.363. The summed E-state index contributed by atoms with van der Waals surface area (Å²) in [6.45, 7) is 2.83. The molecule has 0 radical (unpaired) electrons. The van der Waals surface area contributed by atoms with Crippen LogP contribution in [0, 0.1) is 5.92 Å². The zero-order valence-corrected chi connectivity index (χ0v) is 20.7. The van der Waals surface area contributed by atoms with Crippen LogP contribution >= 0.6 is 11.6 Å². The van der Waals surface area contributed by atoms with Gasteiger partial charge in [-0.15, -0.1) is 11.6 Å². The number of alkyl halides is 1. The van der Waals surface area contributed by atoms with Crippen molar-refractivity contribution in [2.45, 2.75) is 82.3 Å². The first-order valence-corrected chi connectivity index (χ1v) is 13.0. The van der Waals surface area contributed by atoms with Gasteiger partial charge in [0, 0.05) is 12.2 Å². The highest BCUT2D eigenvalue weighted by Gasteiger charge is 2.51. The van der Waals surface area contributed by atoms with Crippen LogP contribution in [-0.2, 0) is 6.54 Å². The van der Waals surface area contributed by atoms with Crippen LogP contribution in [-0.4, -0.2) is 35.5 Å². The maximum absolute atomic E-state index is 14.1. The smallest absolute Gasteiger partial charge is 0.325 e. The average molecular weight is 469 g/mol. The van der Waals surface area contributed by atoms with Gasteiger partial charge in [0.15, 0.2) is 0 Å². The Balaban J connectivity index is 1.74. The van der Waals surface area contributed by atoms with Crippen LogP contribution in [0.5, 0.6) is 5.75 Å². The molecule has 1 heterocycles. The lowest BCUT2D eigenvalue weighted by Gasteiger charge is -2.38. The molecule has 1 aliphatic carbocycles. The second-order valence-electron chi connectivity index (χ2n) is 9.50. The summed E-state index contributed by atoms with van der Waals surface area (Å²) in [6, 6.07) is 18.4. The molecule has 1 saturated heterocycles. The second-order valence-corrected chi connectivity index (χ2v) is 10.1. The third-order valence-corrected chi connectivity index (χ3v) is 7.82. The Morgan fingerprint density at radius 2 is 1.73 bits per heavy atom. The van der Waals surface area contributed by atoms with Crippen LogP contribution < -0.4 is 9.64 Å². The van der Waals surface area contributed by atoms with Crippen molar-refractivity contribution in [3.8, 4) is 5.75 Å². The second kappa shape index (κ2) is 11.3. The van der Waals surface area contributed by atoms with Gasteiger partial charge in [-0.1, -0.05) is 69.4 Å². The highest BCUT2D eigenvalue weighted by molar-refractivity contribution is 6.22. The van der Waals surface area contributed by atoms with E-state index in [2.05, 4.69) is 36.1 Å². The summed E-state index contributed by atoms with van der Waals surface area (Å²) in [7, 11) is 1.67. The van der Waals surface area contributed by atoms with E-state index in [0.717, 1.165) is 30.7 Å². The van der Waals surface area contributed by atoms with Crippen molar-refractivity contribution in [1.29, 1.82) is 0 Å². The molecule has 2 aliphatic rings. The highest BCUT2D eigenvalue weighted by Crippen LogP contribution is 2.42. The number of rotatable bonds is 9. The number of nitrogens with zero attached hydrogens (tertiary/aromatic N) is 2. The SMILES string of the molecule is CCCCC(Cl)[C@@H]1[C@@H](C2CCCCC2)N(Cc2ccccc2)C(=O)N1c1ccc(OC)cc1. The summed E-state index contributed by atoms with van der Waals surface area (Å²) in [6.07, 6.45) is 9.23. The van der Waals surface area contributed by atoms with E-state index in [0.29, 0.717) is 12.5 Å². The molecule has 1 saturated carbocycles. The molecule has 0 spiro atoms. The van der Waals surface area contributed by atoms with E-state index < -0.39 is 0 Å². The van der Waals surface area contributed by atoms with Crippen LogP contribution in [0.1, 0.15) is 63.9 Å². The van der Waals surface area contributed by atoms with Crippen molar-refractivity contribution in [2.24, 2.45) is 5.92 Å². The zero-order chi connectivity index (χ0) is 23.2. The number of urea groups is 1. The largest absolute Gasteiger partial charge is 0.497 e. The molecule has 33 heavy (non-hydrogen) atoms. The molecular formula is C28H37ClN2O2. The Morgan fingerprint density at radius 3 is 2.36 bits per heavy atom. The van der Waals surface area contributed by atoms with E-state index >= 15 is 0 Å². The fourth-order valence-corrected chi connectivity index (χ4v) is 6.08. The van der Waals surface area contributed by atoms with Crippen molar-refractivity contribution < 1.29 is 9.53 Å². The molecule has 178 valence electrons. The molecule has 2 aromatic rings. The van der Waals surface area contributed by atoms with Gasteiger partial charge in [0.05, 0.1) is 24.6 Å². The molecule has 4 nitrogen and oxygen atoms in total. The molecule has 3 atom stereocenters. The van der Waals surface area contributed by atoms with Crippen molar-refractivity contribution in [3.63, 3.8) is 0 Å². The maximum Gasteiger partial charge on any atom is 0.325 e. The topological polar surface area (TPSA) is 32.8 Å². The van der Waals surface area contributed by atoms with Gasteiger partial charge in [-0.25, -0.2) is 4.79 Å². The highest BCUT2D eigenvalue weighted by atomic mass is 35.5. The minimum atomic E-state index is -0.0799. The van der Waals surface area contributed by atoms with E-state index in [9.17, 15) is 4.79 Å². The van der Waals surface area contributed by atoms with Crippen LogP contribution in [0.3, 0.4) is 0 Å². The van der Waals surface area contributed by atoms with E-state index in [-0.39, 0.29) is 23.5 Å². The van der Waals surface area contributed by atoms with Crippen LogP contribution in [0.15, 0.2) is 54.6 Å². The summed E-state index contributed by atoms with van der Waals surface area (Å²) in [5.74, 6) is 1.28. The number of halogens is 1. The summed E-state index contributed by atoms with van der Waals surface area (Å²) < 4.78 is 5.36. The molecule has 0 aromatic heterocycles. The number of methoxy groups -OCH3 is 1. The molecule has 1 aliphatic heterocycles. The van der Waals surface area contributed by atoms with Gasteiger partial charge in [0.1, 0.15) is 5.75 Å². The molecule has 5 heteroatoms. The number of carbonyl (C=O) groups is 1. The van der Waals surface area contributed by atoms with Gasteiger partial charge < -0.3 is 9.64 Å². The molecule has 0 bridgehead atoms. The fraction of sp³-hybridized carbons (Fsp3) is 0.536. The monoisotopic (exact) mass is 468 g/mol. The summed E-state index contributed by atoms with van der Waals surface area (Å²) in [4.78, 5) is 18.2. The van der Waals surface area contributed by atoms with Crippen LogP contribution in [0.4, 0.5) is 10.5 Å². The van der Waals surface area contributed by atoms with Gasteiger partial charge in [0.2, 0.25) is 0 Å². The Bertz CT molecular complexity index is 883. The Kier molecular flexibility index (Phi) is 8.19. The van der Waals surface area contributed by atoms with Crippen molar-refractivity contribution in [3.05, 3.63) is 60.2 Å². The summed E-state index contributed by atoms with van der Waals surface area (Å²) >= 11 is 7.17. The number of unbranched alkanes of at least 4 members (excludes halogenated alkanes) is 1. The van der Waals surface area contributed by atoms with E-state index in [4.69, 9.17) is 16.3 Å². The molecule has 1 unspecified atom stereocenters. The number of ether oxygens (including phenoxy) is 1. The van der Waals surface area contributed by atoms with Gasteiger partial charge in [-0.3, -0.25) is 4.90 Å². The standard InChI is InChI=1S/C28H37ClN2O2/c1-3-4-15-25(29)27-26(22-13-9-6-10-14-22)30(20-21-11-7-5-8-12-21)28(32)31(27)23-16-18-24(33-2)19-17-23/h5,7-8,11-12,16-19,22,25-27H,3-4,6,9-10,13-15,20H2,1-2H3/t25?,26-,27-/m1/s1. The van der Waals surface area contributed by atoms with Gasteiger partial charge in [-0.2, -0.15) is 0 Å². The van der Waals surface area contributed by atoms with Gasteiger partial charge in [-0.05, 0) is 55.0 Å². The first kappa shape index (κ1) is 23.9. The minimum absolute atomic E-state index is 0.0362. The van der Waals surface area contributed by atoms with Crippen LogP contribution in [0.2, 0.25) is 0 Å². The number of benzene rings is 2. The predicted octanol–water partition coefficient (Wildman–Crippen LogP) is 7.25. The number of carbonyl (C=O) groups excluding carboxylic acids is 1. The van der Waals surface area contributed by atoms with Gasteiger partial charge in [0.25, 0.3) is 0 Å². The van der Waals surface area contributed by atoms with Crippen molar-refractivity contribution >= 4 is 23.3 Å². The number of hydrogen-bond acceptors (Lipinski definition) is 2. The summed E-state index contributed by atoms with van der Waals surface area (Å²) in [5, 5.41) is -0.0799. The van der Waals surface area contributed by atoms with Crippen molar-refractivity contribution in [1.82, 2.24) is 4.90 Å². The minimum Gasteiger partial charge on any atom is -0.497 e. The number of amides is 2. The first-order chi connectivity index (χ1) is 16.1. The van der Waals surface area contributed by atoms with Gasteiger partial charge >= 0.3 is 6.03 Å². The van der Waals surface area contributed by atoms with Crippen LogP contribution in [0.25, 0.3) is 0 Å². The third kappa shape index (κ3) is 5.32. The zero-order valence-electron chi connectivity index (χ0n) is 20.0. The lowest BCUT2D eigenvalue weighted by Crippen LogP contribution is -2.48. The predicted molar refractivity (Wildman–Crippen MR) is 136 cm³/mol. The molecular weight excluding hydrogens is 432 g/mol. The maximum atomic E-state index is 14.1. The first-order valence-electron chi connectivity index (χ1n) is 12.6. The average Bonchev–Trinajstić information content (AvgIpc) is 3.15. The van der Waals surface area contributed by atoms with E-state index in [1.54, 1.807) is 7.11 Å². The van der Waals surface area contributed by atoms with Crippen molar-refractivity contribution in [2.75, 3.05) is 12.0 Å². The lowest BCUT2D eigenvalue weighted by atomic mass is 9.79. The third-order valence-electron chi connectivity index (χ3n) is 7.34. The number of hydrogen-bond donors (Lipinski definition) is 0.